The summed E-state index contributed by atoms with van der Waals surface area (Å²) in [5.74, 6) is -0.423. The molecule has 2 rings (SSSR count). The summed E-state index contributed by atoms with van der Waals surface area (Å²) in [5, 5.41) is 3.33. The largest absolute Gasteiger partial charge is 0.314 e. The van der Waals surface area contributed by atoms with Gasteiger partial charge < -0.3 is 5.32 Å². The van der Waals surface area contributed by atoms with Crippen LogP contribution in [0.25, 0.3) is 0 Å². The van der Waals surface area contributed by atoms with Crippen molar-refractivity contribution in [1.29, 1.82) is 0 Å². The zero-order chi connectivity index (χ0) is 10.7. The molecule has 1 atom stereocenters. The number of rotatable bonds is 3. The maximum absolute atomic E-state index is 13.3. The summed E-state index contributed by atoms with van der Waals surface area (Å²) in [6, 6.07) is 5.18. The molecule has 1 unspecified atom stereocenters. The van der Waals surface area contributed by atoms with Crippen molar-refractivity contribution in [2.45, 2.75) is 32.0 Å². The fraction of sp³-hybridized carbons (Fsp3) is 0.500. The minimum Gasteiger partial charge on any atom is -0.314 e. The monoisotopic (exact) mass is 211 g/mol. The SMILES string of the molecule is FCc1c(F)cccc1CC1CCCN1. The van der Waals surface area contributed by atoms with Crippen LogP contribution in [0.4, 0.5) is 8.78 Å². The number of hydrogen-bond donors (Lipinski definition) is 1. The maximum Gasteiger partial charge on any atom is 0.129 e. The molecule has 1 fully saturated rings. The van der Waals surface area contributed by atoms with E-state index in [1.54, 1.807) is 6.07 Å². The van der Waals surface area contributed by atoms with E-state index in [4.69, 9.17) is 0 Å². The van der Waals surface area contributed by atoms with Gasteiger partial charge in [-0.25, -0.2) is 8.78 Å². The van der Waals surface area contributed by atoms with Crippen molar-refractivity contribution in [3.63, 3.8) is 0 Å². The maximum atomic E-state index is 13.3. The molecule has 1 aromatic rings. The van der Waals surface area contributed by atoms with E-state index in [1.165, 1.54) is 6.07 Å². The van der Waals surface area contributed by atoms with Gasteiger partial charge in [-0.15, -0.1) is 0 Å². The Morgan fingerprint density at radius 3 is 2.93 bits per heavy atom. The summed E-state index contributed by atoms with van der Waals surface area (Å²) < 4.78 is 25.9. The Hall–Kier alpha value is -0.960. The molecule has 0 radical (unpaired) electrons. The quantitative estimate of drug-likeness (QED) is 0.810. The van der Waals surface area contributed by atoms with Crippen LogP contribution in [0.5, 0.6) is 0 Å². The average Bonchev–Trinajstić information content (AvgIpc) is 2.71. The van der Waals surface area contributed by atoms with Gasteiger partial charge in [0.15, 0.2) is 0 Å². The Morgan fingerprint density at radius 2 is 2.27 bits per heavy atom. The fourth-order valence-electron chi connectivity index (χ4n) is 2.14. The van der Waals surface area contributed by atoms with Gasteiger partial charge in [0.25, 0.3) is 0 Å². The van der Waals surface area contributed by atoms with Crippen molar-refractivity contribution >= 4 is 0 Å². The van der Waals surface area contributed by atoms with E-state index in [-0.39, 0.29) is 5.56 Å². The minimum atomic E-state index is -0.714. The van der Waals surface area contributed by atoms with E-state index in [0.29, 0.717) is 6.04 Å². The van der Waals surface area contributed by atoms with Crippen molar-refractivity contribution < 1.29 is 8.78 Å². The zero-order valence-electron chi connectivity index (χ0n) is 8.60. The van der Waals surface area contributed by atoms with Gasteiger partial charge in [-0.3, -0.25) is 0 Å². The van der Waals surface area contributed by atoms with Gasteiger partial charge in [-0.2, -0.15) is 0 Å². The summed E-state index contributed by atoms with van der Waals surface area (Å²) in [6.07, 6.45) is 2.99. The second kappa shape index (κ2) is 4.71. The lowest BCUT2D eigenvalue weighted by Crippen LogP contribution is -2.24. The molecule has 1 N–H and O–H groups in total. The molecule has 0 aromatic heterocycles. The van der Waals surface area contributed by atoms with Gasteiger partial charge in [0.1, 0.15) is 12.5 Å². The smallest absolute Gasteiger partial charge is 0.129 e. The van der Waals surface area contributed by atoms with Crippen LogP contribution in [0.1, 0.15) is 24.0 Å². The Labute approximate surface area is 88.5 Å². The van der Waals surface area contributed by atoms with Crippen LogP contribution in [-0.4, -0.2) is 12.6 Å². The number of halogens is 2. The Bertz CT molecular complexity index is 332. The van der Waals surface area contributed by atoms with Crippen molar-refractivity contribution in [2.24, 2.45) is 0 Å². The van der Waals surface area contributed by atoms with Gasteiger partial charge >= 0.3 is 0 Å². The predicted octanol–water partition coefficient (Wildman–Crippen LogP) is 2.59. The molecule has 0 spiro atoms. The second-order valence-electron chi connectivity index (χ2n) is 4.01. The Kier molecular flexibility index (Phi) is 3.31. The van der Waals surface area contributed by atoms with Gasteiger partial charge in [-0.1, -0.05) is 12.1 Å². The van der Waals surface area contributed by atoms with Crippen LogP contribution < -0.4 is 5.32 Å². The highest BCUT2D eigenvalue weighted by molar-refractivity contribution is 5.29. The second-order valence-corrected chi connectivity index (χ2v) is 4.01. The van der Waals surface area contributed by atoms with E-state index in [2.05, 4.69) is 5.32 Å². The predicted molar refractivity (Wildman–Crippen MR) is 55.9 cm³/mol. The molecule has 1 aromatic carbocycles. The molecule has 1 aliphatic heterocycles. The van der Waals surface area contributed by atoms with Crippen molar-refractivity contribution in [3.05, 3.63) is 35.1 Å². The number of nitrogens with one attached hydrogen (secondary N) is 1. The summed E-state index contributed by atoms with van der Waals surface area (Å²) >= 11 is 0. The summed E-state index contributed by atoms with van der Waals surface area (Å²) in [6.45, 7) is 0.305. The summed E-state index contributed by atoms with van der Waals surface area (Å²) in [5.41, 5.74) is 1.03. The molecular formula is C12H15F2N. The van der Waals surface area contributed by atoms with Gasteiger partial charge in [0.05, 0.1) is 0 Å². The topological polar surface area (TPSA) is 12.0 Å². The van der Waals surface area contributed by atoms with Crippen LogP contribution >= 0.6 is 0 Å². The van der Waals surface area contributed by atoms with Gasteiger partial charge in [0, 0.05) is 11.6 Å². The molecule has 0 saturated carbocycles. The molecule has 1 heterocycles. The van der Waals surface area contributed by atoms with Gasteiger partial charge in [-0.05, 0) is 37.4 Å². The van der Waals surface area contributed by atoms with E-state index < -0.39 is 12.5 Å². The third-order valence-corrected chi connectivity index (χ3v) is 2.98. The number of benzene rings is 1. The lowest BCUT2D eigenvalue weighted by Gasteiger charge is -2.13. The van der Waals surface area contributed by atoms with E-state index >= 15 is 0 Å². The van der Waals surface area contributed by atoms with E-state index in [9.17, 15) is 8.78 Å². The first-order valence-electron chi connectivity index (χ1n) is 5.37. The third-order valence-electron chi connectivity index (χ3n) is 2.98. The Morgan fingerprint density at radius 1 is 1.40 bits per heavy atom. The average molecular weight is 211 g/mol. The number of alkyl halides is 1. The summed E-state index contributed by atoms with van der Waals surface area (Å²) in [4.78, 5) is 0. The molecule has 0 amide bonds. The highest BCUT2D eigenvalue weighted by Crippen LogP contribution is 2.19. The first-order valence-corrected chi connectivity index (χ1v) is 5.37. The first kappa shape index (κ1) is 10.6. The fourth-order valence-corrected chi connectivity index (χ4v) is 2.14. The lowest BCUT2D eigenvalue weighted by molar-refractivity contribution is 0.457. The molecule has 0 bridgehead atoms. The van der Waals surface area contributed by atoms with Gasteiger partial charge in [0.2, 0.25) is 0 Å². The number of hydrogen-bond acceptors (Lipinski definition) is 1. The molecule has 82 valence electrons. The van der Waals surface area contributed by atoms with Crippen molar-refractivity contribution in [2.75, 3.05) is 6.54 Å². The molecule has 15 heavy (non-hydrogen) atoms. The van der Waals surface area contributed by atoms with E-state index in [0.717, 1.165) is 31.4 Å². The van der Waals surface area contributed by atoms with Crippen LogP contribution in [0.2, 0.25) is 0 Å². The van der Waals surface area contributed by atoms with Crippen LogP contribution in [0.3, 0.4) is 0 Å². The molecule has 0 aliphatic carbocycles. The third kappa shape index (κ3) is 2.34. The molecule has 1 nitrogen and oxygen atoms in total. The van der Waals surface area contributed by atoms with Crippen molar-refractivity contribution in [3.8, 4) is 0 Å². The zero-order valence-corrected chi connectivity index (χ0v) is 8.60. The lowest BCUT2D eigenvalue weighted by atomic mass is 9.99. The standard InChI is InChI=1S/C12H15F2N/c13-8-11-9(3-1-5-12(11)14)7-10-4-2-6-15-10/h1,3,5,10,15H,2,4,6-8H2. The molecule has 1 saturated heterocycles. The highest BCUT2D eigenvalue weighted by atomic mass is 19.1. The first-order chi connectivity index (χ1) is 7.31. The minimum absolute atomic E-state index is 0.228. The van der Waals surface area contributed by atoms with Crippen molar-refractivity contribution in [1.82, 2.24) is 5.32 Å². The van der Waals surface area contributed by atoms with E-state index in [1.807, 2.05) is 6.07 Å². The molecule has 1 aliphatic rings. The summed E-state index contributed by atoms with van der Waals surface area (Å²) in [7, 11) is 0. The molecule has 3 heteroatoms. The molecular weight excluding hydrogens is 196 g/mol. The normalized spacial score (nSPS) is 20.8. The van der Waals surface area contributed by atoms with Crippen LogP contribution in [-0.2, 0) is 13.1 Å². The van der Waals surface area contributed by atoms with Crippen LogP contribution in [0, 0.1) is 5.82 Å². The van der Waals surface area contributed by atoms with Crippen LogP contribution in [0.15, 0.2) is 18.2 Å². The Balaban J connectivity index is 2.15. The highest BCUT2D eigenvalue weighted by Gasteiger charge is 2.17.